The Morgan fingerprint density at radius 1 is 1.32 bits per heavy atom. The summed E-state index contributed by atoms with van der Waals surface area (Å²) in [6, 6.07) is 2.32. The van der Waals surface area contributed by atoms with Gasteiger partial charge in [-0.05, 0) is 40.7 Å². The van der Waals surface area contributed by atoms with Gasteiger partial charge in [0.1, 0.15) is 23.2 Å². The zero-order valence-corrected chi connectivity index (χ0v) is 12.3. The smallest absolute Gasteiger partial charge is 0.147 e. The molecule has 0 saturated carbocycles. The number of nitrogens with one attached hydrogen (secondary N) is 1. The van der Waals surface area contributed by atoms with E-state index < -0.39 is 0 Å². The molecule has 5 heteroatoms. The van der Waals surface area contributed by atoms with Gasteiger partial charge in [-0.25, -0.2) is 0 Å². The molecule has 0 bridgehead atoms. The van der Waals surface area contributed by atoms with Crippen LogP contribution in [0, 0.1) is 20.8 Å². The van der Waals surface area contributed by atoms with Gasteiger partial charge in [0.25, 0.3) is 0 Å². The molecule has 0 aliphatic rings. The van der Waals surface area contributed by atoms with Crippen LogP contribution < -0.4 is 5.32 Å². The number of hydrogen-bond donors (Lipinski definition) is 1. The topological polar surface area (TPSA) is 55.9 Å². The lowest BCUT2D eigenvalue weighted by molar-refractivity contribution is 0.485. The molecule has 19 heavy (non-hydrogen) atoms. The summed E-state index contributed by atoms with van der Waals surface area (Å²) in [5, 5.41) is 11.8. The van der Waals surface area contributed by atoms with E-state index in [9.17, 15) is 0 Å². The molecule has 0 fully saturated rings. The average molecular weight is 262 g/mol. The maximum Gasteiger partial charge on any atom is 0.147 e. The van der Waals surface area contributed by atoms with Gasteiger partial charge < -0.3 is 14.3 Å². The molecule has 0 unspecified atom stereocenters. The maximum absolute atomic E-state index is 5.56. The van der Waals surface area contributed by atoms with Crippen LogP contribution in [0.2, 0.25) is 0 Å². The summed E-state index contributed by atoms with van der Waals surface area (Å²) >= 11 is 0. The molecule has 0 aliphatic heterocycles. The molecular weight excluding hydrogens is 240 g/mol. The van der Waals surface area contributed by atoms with Gasteiger partial charge in [-0.15, -0.1) is 10.2 Å². The molecule has 0 saturated heterocycles. The van der Waals surface area contributed by atoms with Gasteiger partial charge in [0.15, 0.2) is 0 Å². The highest BCUT2D eigenvalue weighted by Gasteiger charge is 2.14. The van der Waals surface area contributed by atoms with Gasteiger partial charge in [-0.3, -0.25) is 0 Å². The second-order valence-electron chi connectivity index (χ2n) is 4.88. The van der Waals surface area contributed by atoms with E-state index in [0.29, 0.717) is 6.54 Å². The van der Waals surface area contributed by atoms with Crippen LogP contribution in [0.3, 0.4) is 0 Å². The van der Waals surface area contributed by atoms with E-state index in [1.165, 1.54) is 5.56 Å². The Morgan fingerprint density at radius 2 is 2.05 bits per heavy atom. The first-order valence-corrected chi connectivity index (χ1v) is 6.72. The number of aromatic nitrogens is 3. The van der Waals surface area contributed by atoms with Crippen LogP contribution in [0.5, 0.6) is 0 Å². The molecule has 0 aliphatic carbocycles. The van der Waals surface area contributed by atoms with E-state index in [0.717, 1.165) is 29.7 Å². The van der Waals surface area contributed by atoms with Gasteiger partial charge in [0.05, 0.1) is 6.54 Å². The SMILES string of the molecule is CCn1c(C)nnc1CN[C@@H](C)c1cc(C)oc1C. The van der Waals surface area contributed by atoms with Crippen molar-refractivity contribution >= 4 is 0 Å². The van der Waals surface area contributed by atoms with E-state index >= 15 is 0 Å². The van der Waals surface area contributed by atoms with Gasteiger partial charge >= 0.3 is 0 Å². The summed E-state index contributed by atoms with van der Waals surface area (Å²) in [4.78, 5) is 0. The Labute approximate surface area is 114 Å². The highest BCUT2D eigenvalue weighted by molar-refractivity contribution is 5.23. The summed E-state index contributed by atoms with van der Waals surface area (Å²) in [5.41, 5.74) is 1.21. The molecule has 2 aromatic rings. The van der Waals surface area contributed by atoms with Gasteiger partial charge in [0, 0.05) is 18.2 Å². The van der Waals surface area contributed by atoms with Crippen LogP contribution in [0.25, 0.3) is 0 Å². The Hall–Kier alpha value is -1.62. The summed E-state index contributed by atoms with van der Waals surface area (Å²) in [5.74, 6) is 3.87. The second-order valence-corrected chi connectivity index (χ2v) is 4.88. The van der Waals surface area contributed by atoms with Crippen LogP contribution >= 0.6 is 0 Å². The number of nitrogens with zero attached hydrogens (tertiary/aromatic N) is 3. The lowest BCUT2D eigenvalue weighted by atomic mass is 10.1. The molecular formula is C14H22N4O. The quantitative estimate of drug-likeness (QED) is 0.900. The van der Waals surface area contributed by atoms with Crippen molar-refractivity contribution in [2.24, 2.45) is 0 Å². The lowest BCUT2D eigenvalue weighted by Crippen LogP contribution is -2.21. The number of hydrogen-bond acceptors (Lipinski definition) is 4. The molecule has 0 amide bonds. The normalized spacial score (nSPS) is 12.9. The largest absolute Gasteiger partial charge is 0.466 e. The molecule has 0 spiro atoms. The number of aryl methyl sites for hydroxylation is 3. The molecule has 104 valence electrons. The van der Waals surface area contributed by atoms with Gasteiger partial charge in [-0.2, -0.15) is 0 Å². The minimum atomic E-state index is 0.236. The minimum absolute atomic E-state index is 0.236. The van der Waals surface area contributed by atoms with Crippen LogP contribution in [-0.2, 0) is 13.1 Å². The second kappa shape index (κ2) is 5.57. The summed E-state index contributed by atoms with van der Waals surface area (Å²) < 4.78 is 7.68. The third kappa shape index (κ3) is 2.87. The first-order valence-electron chi connectivity index (χ1n) is 6.72. The van der Waals surface area contributed by atoms with Crippen molar-refractivity contribution < 1.29 is 4.42 Å². The molecule has 0 aromatic carbocycles. The molecule has 2 aromatic heterocycles. The summed E-state index contributed by atoms with van der Waals surface area (Å²) in [6.07, 6.45) is 0. The molecule has 5 nitrogen and oxygen atoms in total. The molecule has 1 atom stereocenters. The maximum atomic E-state index is 5.56. The van der Waals surface area contributed by atoms with E-state index in [1.807, 2.05) is 20.8 Å². The van der Waals surface area contributed by atoms with Crippen molar-refractivity contribution in [1.82, 2.24) is 20.1 Å². The Bertz CT molecular complexity index is 556. The standard InChI is InChI=1S/C14H22N4O/c1-6-18-12(5)16-17-14(18)8-15-10(3)13-7-9(2)19-11(13)4/h7,10,15H,6,8H2,1-5H3/t10-/m0/s1. The average Bonchev–Trinajstić information content (AvgIpc) is 2.89. The van der Waals surface area contributed by atoms with Crippen molar-refractivity contribution in [3.8, 4) is 0 Å². The Morgan fingerprint density at radius 3 is 2.63 bits per heavy atom. The summed E-state index contributed by atoms with van der Waals surface area (Å²) in [7, 11) is 0. The van der Waals surface area contributed by atoms with Crippen molar-refractivity contribution in [2.75, 3.05) is 0 Å². The van der Waals surface area contributed by atoms with Crippen LogP contribution in [0.1, 0.15) is 48.6 Å². The molecule has 0 radical (unpaired) electrons. The highest BCUT2D eigenvalue weighted by Crippen LogP contribution is 2.21. The van der Waals surface area contributed by atoms with Crippen molar-refractivity contribution in [3.05, 3.63) is 34.8 Å². The zero-order valence-electron chi connectivity index (χ0n) is 12.3. The Balaban J connectivity index is 2.04. The fourth-order valence-electron chi connectivity index (χ4n) is 2.40. The fourth-order valence-corrected chi connectivity index (χ4v) is 2.40. The van der Waals surface area contributed by atoms with Crippen LogP contribution in [-0.4, -0.2) is 14.8 Å². The Kier molecular flexibility index (Phi) is 4.04. The fraction of sp³-hybridized carbons (Fsp3) is 0.571. The monoisotopic (exact) mass is 262 g/mol. The first-order chi connectivity index (χ1) is 9.02. The van der Waals surface area contributed by atoms with E-state index in [4.69, 9.17) is 4.42 Å². The van der Waals surface area contributed by atoms with Crippen LogP contribution in [0.4, 0.5) is 0 Å². The van der Waals surface area contributed by atoms with E-state index in [-0.39, 0.29) is 6.04 Å². The zero-order chi connectivity index (χ0) is 14.0. The van der Waals surface area contributed by atoms with Gasteiger partial charge in [-0.1, -0.05) is 0 Å². The number of furan rings is 1. The van der Waals surface area contributed by atoms with E-state index in [2.05, 4.69) is 40.0 Å². The first kappa shape index (κ1) is 13.8. The van der Waals surface area contributed by atoms with Crippen molar-refractivity contribution in [3.63, 3.8) is 0 Å². The predicted octanol–water partition coefficient (Wildman–Crippen LogP) is 2.67. The lowest BCUT2D eigenvalue weighted by Gasteiger charge is -2.13. The number of rotatable bonds is 5. The molecule has 1 N–H and O–H groups in total. The molecule has 2 heterocycles. The molecule has 2 rings (SSSR count). The third-order valence-electron chi connectivity index (χ3n) is 3.44. The predicted molar refractivity (Wildman–Crippen MR) is 73.9 cm³/mol. The minimum Gasteiger partial charge on any atom is -0.466 e. The van der Waals surface area contributed by atoms with Crippen molar-refractivity contribution in [2.45, 2.75) is 53.8 Å². The van der Waals surface area contributed by atoms with Crippen LogP contribution in [0.15, 0.2) is 10.5 Å². The summed E-state index contributed by atoms with van der Waals surface area (Å²) in [6.45, 7) is 11.8. The van der Waals surface area contributed by atoms with E-state index in [1.54, 1.807) is 0 Å². The van der Waals surface area contributed by atoms with Gasteiger partial charge in [0.2, 0.25) is 0 Å². The third-order valence-corrected chi connectivity index (χ3v) is 3.44. The highest BCUT2D eigenvalue weighted by atomic mass is 16.3. The van der Waals surface area contributed by atoms with Crippen molar-refractivity contribution in [1.29, 1.82) is 0 Å².